The number of benzene rings is 2. The lowest BCUT2D eigenvalue weighted by Gasteiger charge is -2.28. The summed E-state index contributed by atoms with van der Waals surface area (Å²) < 4.78 is 19.6. The van der Waals surface area contributed by atoms with Crippen molar-refractivity contribution in [2.75, 3.05) is 40.3 Å². The van der Waals surface area contributed by atoms with Crippen molar-refractivity contribution >= 4 is 11.8 Å². The first-order valence-corrected chi connectivity index (χ1v) is 10.2. The maximum atomic E-state index is 13.4. The van der Waals surface area contributed by atoms with Gasteiger partial charge in [-0.2, -0.15) is 0 Å². The van der Waals surface area contributed by atoms with E-state index in [1.807, 2.05) is 14.0 Å². The third-order valence-corrected chi connectivity index (χ3v) is 4.96. The summed E-state index contributed by atoms with van der Waals surface area (Å²) >= 11 is 0. The van der Waals surface area contributed by atoms with Gasteiger partial charge in [0, 0.05) is 38.8 Å². The van der Waals surface area contributed by atoms with Crippen molar-refractivity contribution in [1.29, 1.82) is 0 Å². The molecule has 0 heterocycles. The van der Waals surface area contributed by atoms with E-state index in [9.17, 15) is 14.0 Å². The number of rotatable bonds is 11. The van der Waals surface area contributed by atoms with Gasteiger partial charge < -0.3 is 19.9 Å². The molecule has 2 rings (SSSR count). The van der Waals surface area contributed by atoms with Gasteiger partial charge in [-0.15, -0.1) is 0 Å². The molecular weight excluding hydrogens is 397 g/mol. The number of hydrogen-bond acceptors (Lipinski definition) is 4. The number of amides is 2. The number of likely N-dealkylation sites (N-methyl/N-ethyl adjacent to an activating group) is 2. The van der Waals surface area contributed by atoms with Crippen LogP contribution in [0.2, 0.25) is 0 Å². The van der Waals surface area contributed by atoms with Crippen LogP contribution >= 0.6 is 0 Å². The van der Waals surface area contributed by atoms with Crippen molar-refractivity contribution in [3.05, 3.63) is 78.1 Å². The molecule has 31 heavy (non-hydrogen) atoms. The molecule has 0 spiro atoms. The Morgan fingerprint density at radius 1 is 1.13 bits per heavy atom. The van der Waals surface area contributed by atoms with E-state index in [4.69, 9.17) is 4.74 Å². The molecule has 7 heteroatoms. The Hall–Kier alpha value is -3.19. The largest absolute Gasteiger partial charge is 0.484 e. The Kier molecular flexibility index (Phi) is 9.21. The van der Waals surface area contributed by atoms with Gasteiger partial charge in [-0.1, -0.05) is 18.7 Å². The molecule has 0 saturated heterocycles. The lowest BCUT2D eigenvalue weighted by molar-refractivity contribution is -0.126. The van der Waals surface area contributed by atoms with Gasteiger partial charge in [-0.3, -0.25) is 9.59 Å². The van der Waals surface area contributed by atoms with Gasteiger partial charge in [-0.25, -0.2) is 4.39 Å². The summed E-state index contributed by atoms with van der Waals surface area (Å²) in [5.74, 6) is 0.0223. The SMILES string of the molecule is C=CC(=O)N(CC)CCN(C)C[C@H](Oc1ccc(C(=O)NC)cc1)c1ccc(F)cc1. The van der Waals surface area contributed by atoms with Crippen LogP contribution in [0.5, 0.6) is 5.75 Å². The molecule has 0 radical (unpaired) electrons. The van der Waals surface area contributed by atoms with Gasteiger partial charge in [0.15, 0.2) is 0 Å². The van der Waals surface area contributed by atoms with E-state index in [2.05, 4.69) is 16.8 Å². The Morgan fingerprint density at radius 3 is 2.32 bits per heavy atom. The molecule has 2 amide bonds. The van der Waals surface area contributed by atoms with Gasteiger partial charge in [0.1, 0.15) is 17.7 Å². The number of halogens is 1. The molecule has 1 atom stereocenters. The van der Waals surface area contributed by atoms with Gasteiger partial charge in [0.2, 0.25) is 5.91 Å². The fourth-order valence-electron chi connectivity index (χ4n) is 3.10. The molecule has 0 unspecified atom stereocenters. The van der Waals surface area contributed by atoms with Crippen LogP contribution in [0.25, 0.3) is 0 Å². The average Bonchev–Trinajstić information content (AvgIpc) is 2.79. The second-order valence-corrected chi connectivity index (χ2v) is 7.15. The summed E-state index contributed by atoms with van der Waals surface area (Å²) in [5.41, 5.74) is 1.37. The molecule has 0 aliphatic heterocycles. The first-order valence-electron chi connectivity index (χ1n) is 10.2. The summed E-state index contributed by atoms with van der Waals surface area (Å²) in [6.45, 7) is 7.81. The van der Waals surface area contributed by atoms with E-state index in [0.717, 1.165) is 5.56 Å². The number of ether oxygens (including phenoxy) is 1. The molecule has 0 aromatic heterocycles. The highest BCUT2D eigenvalue weighted by Crippen LogP contribution is 2.24. The third-order valence-electron chi connectivity index (χ3n) is 4.96. The van der Waals surface area contributed by atoms with Crippen LogP contribution in [-0.4, -0.2) is 61.9 Å². The van der Waals surface area contributed by atoms with E-state index in [1.54, 1.807) is 48.3 Å². The lowest BCUT2D eigenvalue weighted by atomic mass is 10.1. The highest BCUT2D eigenvalue weighted by atomic mass is 19.1. The zero-order valence-corrected chi connectivity index (χ0v) is 18.3. The van der Waals surface area contributed by atoms with Crippen molar-refractivity contribution in [3.8, 4) is 5.75 Å². The maximum Gasteiger partial charge on any atom is 0.251 e. The van der Waals surface area contributed by atoms with E-state index in [0.29, 0.717) is 37.5 Å². The van der Waals surface area contributed by atoms with Crippen LogP contribution in [0.3, 0.4) is 0 Å². The van der Waals surface area contributed by atoms with Crippen LogP contribution in [0.15, 0.2) is 61.2 Å². The molecule has 6 nitrogen and oxygen atoms in total. The predicted molar refractivity (Wildman–Crippen MR) is 120 cm³/mol. The molecule has 2 aromatic carbocycles. The monoisotopic (exact) mass is 427 g/mol. The van der Waals surface area contributed by atoms with Crippen molar-refractivity contribution in [1.82, 2.24) is 15.1 Å². The van der Waals surface area contributed by atoms with E-state index < -0.39 is 0 Å². The molecule has 0 fully saturated rings. The third kappa shape index (κ3) is 7.22. The zero-order chi connectivity index (χ0) is 22.8. The number of carbonyl (C=O) groups is 2. The Balaban J connectivity index is 2.11. The Bertz CT molecular complexity index is 869. The first kappa shape index (κ1) is 24.1. The summed E-state index contributed by atoms with van der Waals surface area (Å²) in [5, 5.41) is 2.58. The number of nitrogens with one attached hydrogen (secondary N) is 1. The van der Waals surface area contributed by atoms with Crippen LogP contribution < -0.4 is 10.1 Å². The van der Waals surface area contributed by atoms with Crippen LogP contribution in [0.1, 0.15) is 28.9 Å². The topological polar surface area (TPSA) is 61.9 Å². The minimum Gasteiger partial charge on any atom is -0.484 e. The van der Waals surface area contributed by atoms with Gasteiger partial charge >= 0.3 is 0 Å². The number of nitrogens with zero attached hydrogens (tertiary/aromatic N) is 2. The fourth-order valence-corrected chi connectivity index (χ4v) is 3.10. The summed E-state index contributed by atoms with van der Waals surface area (Å²) in [6, 6.07) is 13.1. The predicted octanol–water partition coefficient (Wildman–Crippen LogP) is 3.27. The van der Waals surface area contributed by atoms with E-state index in [1.165, 1.54) is 18.2 Å². The van der Waals surface area contributed by atoms with E-state index in [-0.39, 0.29) is 23.7 Å². The summed E-state index contributed by atoms with van der Waals surface area (Å²) in [6.07, 6.45) is 0.956. The highest BCUT2D eigenvalue weighted by molar-refractivity contribution is 5.94. The molecule has 1 N–H and O–H groups in total. The number of hydrogen-bond donors (Lipinski definition) is 1. The van der Waals surface area contributed by atoms with Gasteiger partial charge in [0.05, 0.1) is 0 Å². The highest BCUT2D eigenvalue weighted by Gasteiger charge is 2.18. The molecule has 0 bridgehead atoms. The summed E-state index contributed by atoms with van der Waals surface area (Å²) in [4.78, 5) is 27.4. The number of carbonyl (C=O) groups excluding carboxylic acids is 2. The molecule has 0 aliphatic rings. The standard InChI is InChI=1S/C24H30FN3O3/c1-5-23(29)28(6-2)16-15-27(4)17-22(18-7-11-20(25)12-8-18)31-21-13-9-19(10-14-21)24(30)26-3/h5,7-14,22H,1,6,15-17H2,2-4H3,(H,26,30)/t22-/m0/s1. The second-order valence-electron chi connectivity index (χ2n) is 7.15. The fraction of sp³-hybridized carbons (Fsp3) is 0.333. The van der Waals surface area contributed by atoms with Gasteiger partial charge in [0.25, 0.3) is 5.91 Å². The molecule has 2 aromatic rings. The molecule has 166 valence electrons. The quantitative estimate of drug-likeness (QED) is 0.559. The molecule has 0 aliphatic carbocycles. The van der Waals surface area contributed by atoms with Crippen LogP contribution in [-0.2, 0) is 4.79 Å². The smallest absolute Gasteiger partial charge is 0.251 e. The van der Waals surface area contributed by atoms with Crippen molar-refractivity contribution < 1.29 is 18.7 Å². The van der Waals surface area contributed by atoms with Crippen molar-refractivity contribution in [2.24, 2.45) is 0 Å². The van der Waals surface area contributed by atoms with Crippen LogP contribution in [0, 0.1) is 5.82 Å². The summed E-state index contributed by atoms with van der Waals surface area (Å²) in [7, 11) is 3.52. The van der Waals surface area contributed by atoms with Crippen LogP contribution in [0.4, 0.5) is 4.39 Å². The zero-order valence-electron chi connectivity index (χ0n) is 18.3. The second kappa shape index (κ2) is 11.9. The first-order chi connectivity index (χ1) is 14.9. The van der Waals surface area contributed by atoms with E-state index >= 15 is 0 Å². The minimum absolute atomic E-state index is 0.0987. The maximum absolute atomic E-state index is 13.4. The average molecular weight is 428 g/mol. The van der Waals surface area contributed by atoms with Crippen molar-refractivity contribution in [2.45, 2.75) is 13.0 Å². The minimum atomic E-state index is -0.360. The lowest BCUT2D eigenvalue weighted by Crippen LogP contribution is -2.38. The Labute approximate surface area is 183 Å². The molecular formula is C24H30FN3O3. The van der Waals surface area contributed by atoms with Gasteiger partial charge in [-0.05, 0) is 62.0 Å². The van der Waals surface area contributed by atoms with Crippen molar-refractivity contribution in [3.63, 3.8) is 0 Å². The molecule has 0 saturated carbocycles. The normalized spacial score (nSPS) is 11.6. The Morgan fingerprint density at radius 2 is 1.77 bits per heavy atom.